The lowest BCUT2D eigenvalue weighted by Crippen LogP contribution is -2.18. The second-order valence-electron chi connectivity index (χ2n) is 3.07. The lowest BCUT2D eigenvalue weighted by atomic mass is 9.89. The molecule has 0 saturated heterocycles. The average Bonchev–Trinajstić information content (AvgIpc) is 2.52. The third-order valence-corrected chi connectivity index (χ3v) is 2.11. The van der Waals surface area contributed by atoms with Gasteiger partial charge in [-0.3, -0.25) is 4.79 Å². The standard InChI is InChI=1S/C11H12O/c1-11(2)7-8-5-3-4-6-9(8)10(11)12/h3-6H,7H2,1-2H3/i1D3,2D3. The fourth-order valence-electron chi connectivity index (χ4n) is 1.49. The monoisotopic (exact) mass is 166 g/mol. The van der Waals surface area contributed by atoms with Gasteiger partial charge in [0.15, 0.2) is 5.78 Å². The lowest BCUT2D eigenvalue weighted by molar-refractivity contribution is 0.0863. The summed E-state index contributed by atoms with van der Waals surface area (Å²) < 4.78 is 44.9. The van der Waals surface area contributed by atoms with E-state index in [0.717, 1.165) is 0 Å². The topological polar surface area (TPSA) is 17.1 Å². The van der Waals surface area contributed by atoms with Crippen molar-refractivity contribution in [2.45, 2.75) is 20.1 Å². The van der Waals surface area contributed by atoms with Crippen LogP contribution in [0.5, 0.6) is 0 Å². The minimum Gasteiger partial charge on any atom is -0.294 e. The molecule has 1 heteroatoms. The van der Waals surface area contributed by atoms with E-state index in [0.29, 0.717) is 5.56 Å². The summed E-state index contributed by atoms with van der Waals surface area (Å²) in [5.41, 5.74) is -1.59. The SMILES string of the molecule is [2H]C([2H])([2H])C1(C([2H])([2H])[2H])Cc2ccccc2C1=O. The summed E-state index contributed by atoms with van der Waals surface area (Å²) in [5.74, 6) is -0.793. The van der Waals surface area contributed by atoms with Gasteiger partial charge in [0.25, 0.3) is 0 Å². The second-order valence-corrected chi connectivity index (χ2v) is 3.07. The van der Waals surface area contributed by atoms with E-state index in [2.05, 4.69) is 0 Å². The Kier molecular flexibility index (Phi) is 0.608. The van der Waals surface area contributed by atoms with Crippen molar-refractivity contribution in [3.05, 3.63) is 35.4 Å². The van der Waals surface area contributed by atoms with Gasteiger partial charge < -0.3 is 0 Å². The fraction of sp³-hybridized carbons (Fsp3) is 0.364. The number of ketones is 1. The maximum absolute atomic E-state index is 12.3. The highest BCUT2D eigenvalue weighted by atomic mass is 16.1. The molecule has 1 aromatic rings. The first-order valence-electron chi connectivity index (χ1n) is 6.74. The zero-order valence-electron chi connectivity index (χ0n) is 12.4. The van der Waals surface area contributed by atoms with Gasteiger partial charge in [-0.25, -0.2) is 0 Å². The van der Waals surface area contributed by atoms with E-state index in [9.17, 15) is 4.79 Å². The van der Waals surface area contributed by atoms with Gasteiger partial charge in [-0.2, -0.15) is 0 Å². The molecule has 0 aliphatic heterocycles. The van der Waals surface area contributed by atoms with Crippen LogP contribution >= 0.6 is 0 Å². The van der Waals surface area contributed by atoms with Crippen LogP contribution < -0.4 is 0 Å². The summed E-state index contributed by atoms with van der Waals surface area (Å²) in [5, 5.41) is 0. The van der Waals surface area contributed by atoms with E-state index in [1.807, 2.05) is 0 Å². The molecule has 12 heavy (non-hydrogen) atoms. The number of hydrogen-bond acceptors (Lipinski definition) is 1. The van der Waals surface area contributed by atoms with Crippen LogP contribution in [0.25, 0.3) is 0 Å². The normalized spacial score (nSPS) is 28.8. The molecule has 0 atom stereocenters. The van der Waals surface area contributed by atoms with E-state index in [4.69, 9.17) is 8.22 Å². The molecule has 1 aliphatic carbocycles. The van der Waals surface area contributed by atoms with Gasteiger partial charge >= 0.3 is 0 Å². The van der Waals surface area contributed by atoms with Crippen LogP contribution in [0.2, 0.25) is 0 Å². The van der Waals surface area contributed by atoms with E-state index in [1.54, 1.807) is 18.2 Å². The highest BCUT2D eigenvalue weighted by Gasteiger charge is 2.36. The van der Waals surface area contributed by atoms with Gasteiger partial charge in [-0.1, -0.05) is 38.0 Å². The van der Waals surface area contributed by atoms with Gasteiger partial charge in [-0.15, -0.1) is 0 Å². The van der Waals surface area contributed by atoms with Crippen LogP contribution in [0.1, 0.15) is 37.8 Å². The molecule has 0 aromatic heterocycles. The van der Waals surface area contributed by atoms with Crippen molar-refractivity contribution in [3.63, 3.8) is 0 Å². The number of rotatable bonds is 0. The molecule has 0 N–H and O–H groups in total. The molecular formula is C11H12O. The first-order valence-corrected chi connectivity index (χ1v) is 3.74. The van der Waals surface area contributed by atoms with Gasteiger partial charge in [0.1, 0.15) is 0 Å². The van der Waals surface area contributed by atoms with Crippen LogP contribution in [0.15, 0.2) is 24.3 Å². The Balaban J connectivity index is 2.66. The highest BCUT2D eigenvalue weighted by Crippen LogP contribution is 2.35. The smallest absolute Gasteiger partial charge is 0.169 e. The number of carbonyl (C=O) groups is 1. The van der Waals surface area contributed by atoms with Crippen molar-refractivity contribution < 1.29 is 13.0 Å². The molecule has 0 heterocycles. The Morgan fingerprint density at radius 3 is 2.83 bits per heavy atom. The van der Waals surface area contributed by atoms with Crippen LogP contribution in [-0.4, -0.2) is 5.78 Å². The fourth-order valence-corrected chi connectivity index (χ4v) is 1.49. The van der Waals surface area contributed by atoms with Crippen molar-refractivity contribution in [2.75, 3.05) is 0 Å². The largest absolute Gasteiger partial charge is 0.294 e. The lowest BCUT2D eigenvalue weighted by Gasteiger charge is -2.12. The minimum absolute atomic E-state index is 0.213. The number of hydrogen-bond donors (Lipinski definition) is 0. The van der Waals surface area contributed by atoms with Gasteiger partial charge in [-0.05, 0) is 12.0 Å². The van der Waals surface area contributed by atoms with Crippen molar-refractivity contribution in [1.82, 2.24) is 0 Å². The first kappa shape index (κ1) is 3.33. The molecule has 62 valence electrons. The van der Waals surface area contributed by atoms with Crippen LogP contribution in [0.3, 0.4) is 0 Å². The number of benzene rings is 1. The van der Waals surface area contributed by atoms with Crippen LogP contribution in [0, 0.1) is 5.41 Å². The van der Waals surface area contributed by atoms with E-state index in [1.165, 1.54) is 6.07 Å². The predicted octanol–water partition coefficient (Wildman–Crippen LogP) is 2.45. The Morgan fingerprint density at radius 1 is 1.42 bits per heavy atom. The van der Waals surface area contributed by atoms with E-state index < -0.39 is 24.9 Å². The molecule has 0 bridgehead atoms. The van der Waals surface area contributed by atoms with Crippen molar-refractivity contribution in [2.24, 2.45) is 5.41 Å². The first-order chi connectivity index (χ1) is 8.11. The quantitative estimate of drug-likeness (QED) is 0.578. The molecule has 0 amide bonds. The molecule has 0 fully saturated rings. The summed E-state index contributed by atoms with van der Waals surface area (Å²) >= 11 is 0. The second kappa shape index (κ2) is 2.19. The van der Waals surface area contributed by atoms with E-state index >= 15 is 0 Å². The van der Waals surface area contributed by atoms with Gasteiger partial charge in [0, 0.05) is 19.2 Å². The average molecular weight is 166 g/mol. The number of fused-ring (bicyclic) bond motifs is 1. The summed E-state index contributed by atoms with van der Waals surface area (Å²) in [6, 6.07) is 6.36. The maximum Gasteiger partial charge on any atom is 0.169 e. The molecule has 0 unspecified atom stereocenters. The molecular weight excluding hydrogens is 148 g/mol. The summed E-state index contributed by atoms with van der Waals surface area (Å²) in [4.78, 5) is 12.3. The van der Waals surface area contributed by atoms with Gasteiger partial charge in [0.2, 0.25) is 0 Å². The molecule has 1 aliphatic rings. The Morgan fingerprint density at radius 2 is 2.17 bits per heavy atom. The maximum atomic E-state index is 12.3. The van der Waals surface area contributed by atoms with Crippen molar-refractivity contribution >= 4 is 5.78 Å². The van der Waals surface area contributed by atoms with Crippen LogP contribution in [-0.2, 0) is 6.42 Å². The Bertz CT molecular complexity index is 485. The van der Waals surface area contributed by atoms with Crippen molar-refractivity contribution in [1.29, 1.82) is 0 Å². The molecule has 1 aromatic carbocycles. The molecule has 0 radical (unpaired) electrons. The molecule has 0 saturated carbocycles. The van der Waals surface area contributed by atoms with Gasteiger partial charge in [0.05, 0.1) is 0 Å². The highest BCUT2D eigenvalue weighted by molar-refractivity contribution is 6.04. The molecule has 1 nitrogen and oxygen atoms in total. The zero-order chi connectivity index (χ0) is 13.8. The zero-order valence-corrected chi connectivity index (χ0v) is 6.42. The van der Waals surface area contributed by atoms with Crippen LogP contribution in [0.4, 0.5) is 0 Å². The third-order valence-electron chi connectivity index (χ3n) is 2.11. The Labute approximate surface area is 80.8 Å². The predicted molar refractivity (Wildman–Crippen MR) is 48.3 cm³/mol. The Hall–Kier alpha value is -1.11. The third kappa shape index (κ3) is 0.893. The number of Topliss-reactive ketones (excluding diaryl/α,β-unsaturated/α-hetero) is 1. The molecule has 2 rings (SSSR count). The van der Waals surface area contributed by atoms with E-state index in [-0.39, 0.29) is 12.0 Å². The number of carbonyl (C=O) groups excluding carboxylic acids is 1. The summed E-state index contributed by atoms with van der Waals surface area (Å²) in [7, 11) is 0. The minimum atomic E-state index is -2.85. The van der Waals surface area contributed by atoms with Crippen molar-refractivity contribution in [3.8, 4) is 0 Å². The summed E-state index contributed by atoms with van der Waals surface area (Å²) in [6.07, 6.45) is -0.255. The molecule has 0 spiro atoms. The summed E-state index contributed by atoms with van der Waals surface area (Å²) in [6.45, 7) is -5.71.